The molecule has 1 aliphatic heterocycles. The molecule has 28 heavy (non-hydrogen) atoms. The number of carbonyl (C=O) groups excluding carboxylic acids is 1. The van der Waals surface area contributed by atoms with Crippen molar-refractivity contribution in [2.45, 2.75) is 18.8 Å². The van der Waals surface area contributed by atoms with Gasteiger partial charge in [0.2, 0.25) is 0 Å². The van der Waals surface area contributed by atoms with Gasteiger partial charge in [0.15, 0.2) is 0 Å². The molecule has 3 heterocycles. The summed E-state index contributed by atoms with van der Waals surface area (Å²) < 4.78 is 20.4. The van der Waals surface area contributed by atoms with Crippen molar-refractivity contribution in [2.24, 2.45) is 7.05 Å². The van der Waals surface area contributed by atoms with Crippen molar-refractivity contribution in [3.63, 3.8) is 0 Å². The summed E-state index contributed by atoms with van der Waals surface area (Å²) >= 11 is 0. The predicted octanol–water partition coefficient (Wildman–Crippen LogP) is 2.53. The van der Waals surface area contributed by atoms with Crippen molar-refractivity contribution in [3.8, 4) is 5.75 Å². The highest BCUT2D eigenvalue weighted by Gasteiger charge is 2.29. The van der Waals surface area contributed by atoms with Crippen molar-refractivity contribution in [1.82, 2.24) is 24.9 Å². The molecule has 0 aliphatic carbocycles. The molecule has 1 aliphatic rings. The predicted molar refractivity (Wildman–Crippen MR) is 101 cm³/mol. The van der Waals surface area contributed by atoms with Gasteiger partial charge in [0.1, 0.15) is 11.6 Å². The second-order valence-corrected chi connectivity index (χ2v) is 7.01. The Labute approximate surface area is 162 Å². The van der Waals surface area contributed by atoms with Gasteiger partial charge in [0, 0.05) is 50.4 Å². The Hall–Kier alpha value is -3.16. The second-order valence-electron chi connectivity index (χ2n) is 7.01. The molecule has 0 bridgehead atoms. The topological polar surface area (TPSA) is 76.0 Å². The zero-order valence-electron chi connectivity index (χ0n) is 15.6. The number of hydrogen-bond donors (Lipinski definition) is 1. The molecule has 1 N–H and O–H groups in total. The fourth-order valence-corrected chi connectivity index (χ4v) is 3.45. The van der Waals surface area contributed by atoms with E-state index in [4.69, 9.17) is 4.74 Å². The first-order valence-electron chi connectivity index (χ1n) is 9.29. The van der Waals surface area contributed by atoms with Gasteiger partial charge < -0.3 is 9.64 Å². The van der Waals surface area contributed by atoms with Crippen molar-refractivity contribution >= 4 is 5.91 Å². The zero-order valence-corrected chi connectivity index (χ0v) is 15.6. The quantitative estimate of drug-likeness (QED) is 0.710. The summed E-state index contributed by atoms with van der Waals surface area (Å²) in [5, 5.41) is 11.5. The Kier molecular flexibility index (Phi) is 5.10. The molecule has 0 spiro atoms. The van der Waals surface area contributed by atoms with Gasteiger partial charge in [-0.2, -0.15) is 10.2 Å². The van der Waals surface area contributed by atoms with E-state index in [9.17, 15) is 9.18 Å². The van der Waals surface area contributed by atoms with E-state index < -0.39 is 0 Å². The molecule has 1 fully saturated rings. The Bertz CT molecular complexity index is 967. The van der Waals surface area contributed by atoms with Crippen LogP contribution in [0.3, 0.4) is 0 Å². The maximum absolute atomic E-state index is 13.2. The SMILES string of the molecule is Cn1cc(C(=O)N2CC[C@H](c3cc(CCOc4cccc(F)c4)[nH]n3)C2)cn1. The molecule has 8 heteroatoms. The van der Waals surface area contributed by atoms with E-state index in [0.29, 0.717) is 37.4 Å². The number of hydrogen-bond acceptors (Lipinski definition) is 4. The summed E-state index contributed by atoms with van der Waals surface area (Å²) in [4.78, 5) is 14.4. The van der Waals surface area contributed by atoms with E-state index in [1.165, 1.54) is 12.1 Å². The number of nitrogens with one attached hydrogen (secondary N) is 1. The number of amides is 1. The molecule has 1 aromatic carbocycles. The first-order valence-corrected chi connectivity index (χ1v) is 9.29. The van der Waals surface area contributed by atoms with Crippen LogP contribution in [0.4, 0.5) is 4.39 Å². The lowest BCUT2D eigenvalue weighted by atomic mass is 10.0. The van der Waals surface area contributed by atoms with Crippen LogP contribution >= 0.6 is 0 Å². The molecule has 7 nitrogen and oxygen atoms in total. The Morgan fingerprint density at radius 2 is 2.29 bits per heavy atom. The van der Waals surface area contributed by atoms with Gasteiger partial charge in [-0.1, -0.05) is 6.07 Å². The van der Waals surface area contributed by atoms with Crippen molar-refractivity contribution < 1.29 is 13.9 Å². The van der Waals surface area contributed by atoms with Crippen LogP contribution in [0, 0.1) is 5.82 Å². The molecule has 1 atom stereocenters. The van der Waals surface area contributed by atoms with Crippen LogP contribution in [0.2, 0.25) is 0 Å². The van der Waals surface area contributed by atoms with Crippen LogP contribution in [-0.2, 0) is 13.5 Å². The van der Waals surface area contributed by atoms with E-state index >= 15 is 0 Å². The molecule has 0 saturated carbocycles. The third-order valence-corrected chi connectivity index (χ3v) is 4.93. The Morgan fingerprint density at radius 1 is 1.39 bits per heavy atom. The van der Waals surface area contributed by atoms with Crippen LogP contribution in [0.1, 0.15) is 34.1 Å². The standard InChI is InChI=1S/C20H22FN5O2/c1-25-12-15(11-22-25)20(27)26-7-5-14(13-26)19-10-17(23-24-19)6-8-28-18-4-2-3-16(21)9-18/h2-4,9-12,14H,5-8,13H2,1H3,(H,23,24)/t14-/m0/s1. The molecular weight excluding hydrogens is 361 g/mol. The number of aryl methyl sites for hydroxylation is 1. The van der Waals surface area contributed by atoms with Crippen LogP contribution in [-0.4, -0.2) is 50.5 Å². The minimum absolute atomic E-state index is 0.00912. The first kappa shape index (κ1) is 18.2. The van der Waals surface area contributed by atoms with E-state index in [2.05, 4.69) is 15.3 Å². The maximum atomic E-state index is 13.2. The van der Waals surface area contributed by atoms with Gasteiger partial charge in [0.25, 0.3) is 5.91 Å². The number of aromatic nitrogens is 4. The largest absolute Gasteiger partial charge is 0.493 e. The number of H-pyrrole nitrogens is 1. The molecule has 146 valence electrons. The zero-order chi connectivity index (χ0) is 19.5. The number of rotatable bonds is 6. The van der Waals surface area contributed by atoms with Crippen LogP contribution in [0.25, 0.3) is 0 Å². The van der Waals surface area contributed by atoms with Crippen LogP contribution in [0.5, 0.6) is 5.75 Å². The summed E-state index contributed by atoms with van der Waals surface area (Å²) in [6.07, 6.45) is 4.87. The molecule has 1 amide bonds. The highest BCUT2D eigenvalue weighted by atomic mass is 19.1. The average Bonchev–Trinajstić information content (AvgIpc) is 3.41. The van der Waals surface area contributed by atoms with Crippen LogP contribution < -0.4 is 4.74 Å². The number of ether oxygens (including phenoxy) is 1. The highest BCUT2D eigenvalue weighted by molar-refractivity contribution is 5.94. The van der Waals surface area contributed by atoms with Crippen molar-refractivity contribution in [3.05, 3.63) is 65.5 Å². The maximum Gasteiger partial charge on any atom is 0.257 e. The van der Waals surface area contributed by atoms with Gasteiger partial charge in [-0.25, -0.2) is 4.39 Å². The first-order chi connectivity index (χ1) is 13.6. The number of carbonyl (C=O) groups is 1. The van der Waals surface area contributed by atoms with Crippen molar-refractivity contribution in [2.75, 3.05) is 19.7 Å². The van der Waals surface area contributed by atoms with Crippen LogP contribution in [0.15, 0.2) is 42.7 Å². The average molecular weight is 383 g/mol. The van der Waals surface area contributed by atoms with E-state index in [1.54, 1.807) is 36.3 Å². The second kappa shape index (κ2) is 7.84. The number of nitrogens with zero attached hydrogens (tertiary/aromatic N) is 4. The number of aromatic amines is 1. The molecular formula is C20H22FN5O2. The molecule has 2 aromatic heterocycles. The summed E-state index contributed by atoms with van der Waals surface area (Å²) in [7, 11) is 1.80. The summed E-state index contributed by atoms with van der Waals surface area (Å²) in [6.45, 7) is 1.79. The minimum atomic E-state index is -0.312. The third kappa shape index (κ3) is 4.05. The number of benzene rings is 1. The molecule has 0 radical (unpaired) electrons. The lowest BCUT2D eigenvalue weighted by molar-refractivity contribution is 0.0790. The highest BCUT2D eigenvalue weighted by Crippen LogP contribution is 2.27. The third-order valence-electron chi connectivity index (χ3n) is 4.93. The minimum Gasteiger partial charge on any atom is -0.493 e. The molecule has 4 rings (SSSR count). The summed E-state index contributed by atoms with van der Waals surface area (Å²) in [5.41, 5.74) is 2.53. The van der Waals surface area contributed by atoms with Gasteiger partial charge in [-0.05, 0) is 24.6 Å². The van der Waals surface area contributed by atoms with E-state index in [-0.39, 0.29) is 17.6 Å². The van der Waals surface area contributed by atoms with E-state index in [1.807, 2.05) is 11.0 Å². The van der Waals surface area contributed by atoms with Gasteiger partial charge in [0.05, 0.1) is 24.1 Å². The summed E-state index contributed by atoms with van der Waals surface area (Å²) in [6, 6.07) is 8.13. The molecule has 3 aromatic rings. The fourth-order valence-electron chi connectivity index (χ4n) is 3.45. The number of halogens is 1. The van der Waals surface area contributed by atoms with Crippen molar-refractivity contribution in [1.29, 1.82) is 0 Å². The lowest BCUT2D eigenvalue weighted by Crippen LogP contribution is -2.28. The lowest BCUT2D eigenvalue weighted by Gasteiger charge is -2.14. The summed E-state index contributed by atoms with van der Waals surface area (Å²) in [5.74, 6) is 0.428. The van der Waals surface area contributed by atoms with Gasteiger partial charge in [-0.15, -0.1) is 0 Å². The Morgan fingerprint density at radius 3 is 3.07 bits per heavy atom. The Balaban J connectivity index is 1.30. The van der Waals surface area contributed by atoms with E-state index in [0.717, 1.165) is 17.8 Å². The molecule has 0 unspecified atom stereocenters. The normalized spacial score (nSPS) is 16.5. The smallest absolute Gasteiger partial charge is 0.257 e. The van der Waals surface area contributed by atoms with Gasteiger partial charge in [-0.3, -0.25) is 14.6 Å². The molecule has 1 saturated heterocycles. The van der Waals surface area contributed by atoms with Gasteiger partial charge >= 0.3 is 0 Å². The monoisotopic (exact) mass is 383 g/mol. The fraction of sp³-hybridized carbons (Fsp3) is 0.350. The number of likely N-dealkylation sites (tertiary alicyclic amines) is 1.